The van der Waals surface area contributed by atoms with Gasteiger partial charge in [-0.3, -0.25) is 4.79 Å². The topological polar surface area (TPSA) is 45.2 Å². The summed E-state index contributed by atoms with van der Waals surface area (Å²) in [6.45, 7) is 2.00. The molecule has 0 unspecified atom stereocenters. The van der Waals surface area contributed by atoms with Crippen molar-refractivity contribution < 1.29 is 9.18 Å². The predicted molar refractivity (Wildman–Crippen MR) is 77.7 cm³/mol. The molecule has 1 aromatic carbocycles. The summed E-state index contributed by atoms with van der Waals surface area (Å²) in [6, 6.07) is 8.20. The van der Waals surface area contributed by atoms with Crippen LogP contribution < -0.4 is 10.2 Å². The Kier molecular flexibility index (Phi) is 3.98. The minimum absolute atomic E-state index is 0.240. The SMILES string of the molecule is Cc1ccc(NC(=O)c2ccnc(F)c2)cc1N(C)C. The molecule has 0 fully saturated rings. The molecule has 1 aromatic heterocycles. The first-order chi connectivity index (χ1) is 9.47. The first-order valence-corrected chi connectivity index (χ1v) is 6.18. The van der Waals surface area contributed by atoms with E-state index in [0.717, 1.165) is 17.3 Å². The van der Waals surface area contributed by atoms with Gasteiger partial charge in [0.15, 0.2) is 0 Å². The van der Waals surface area contributed by atoms with Gasteiger partial charge in [-0.2, -0.15) is 4.39 Å². The van der Waals surface area contributed by atoms with E-state index in [4.69, 9.17) is 0 Å². The number of aryl methyl sites for hydroxylation is 1. The maximum atomic E-state index is 13.0. The molecule has 1 N–H and O–H groups in total. The molecule has 0 aliphatic rings. The average molecular weight is 273 g/mol. The molecule has 2 rings (SSSR count). The molecule has 1 amide bonds. The number of amides is 1. The fourth-order valence-electron chi connectivity index (χ4n) is 1.92. The van der Waals surface area contributed by atoms with Crippen molar-refractivity contribution in [3.8, 4) is 0 Å². The lowest BCUT2D eigenvalue weighted by molar-refractivity contribution is 0.102. The lowest BCUT2D eigenvalue weighted by atomic mass is 10.1. The second kappa shape index (κ2) is 5.69. The van der Waals surface area contributed by atoms with Gasteiger partial charge in [0.1, 0.15) is 0 Å². The van der Waals surface area contributed by atoms with Crippen LogP contribution in [0, 0.1) is 12.9 Å². The summed E-state index contributed by atoms with van der Waals surface area (Å²) in [6.07, 6.45) is 1.27. The highest BCUT2D eigenvalue weighted by Crippen LogP contribution is 2.22. The van der Waals surface area contributed by atoms with Crippen molar-refractivity contribution in [2.24, 2.45) is 0 Å². The third kappa shape index (κ3) is 3.12. The zero-order chi connectivity index (χ0) is 14.7. The number of pyridine rings is 1. The fraction of sp³-hybridized carbons (Fsp3) is 0.200. The van der Waals surface area contributed by atoms with Gasteiger partial charge in [0.2, 0.25) is 5.95 Å². The Morgan fingerprint density at radius 1 is 1.25 bits per heavy atom. The van der Waals surface area contributed by atoms with Gasteiger partial charge in [0.05, 0.1) is 0 Å². The van der Waals surface area contributed by atoms with Crippen molar-refractivity contribution in [1.29, 1.82) is 0 Å². The summed E-state index contributed by atoms with van der Waals surface area (Å²) in [4.78, 5) is 17.4. The molecule has 0 radical (unpaired) electrons. The zero-order valence-corrected chi connectivity index (χ0v) is 11.6. The van der Waals surface area contributed by atoms with Gasteiger partial charge in [0, 0.05) is 43.3 Å². The number of nitrogens with zero attached hydrogens (tertiary/aromatic N) is 2. The molecular formula is C15H16FN3O. The Morgan fingerprint density at radius 3 is 2.65 bits per heavy atom. The Hall–Kier alpha value is -2.43. The Labute approximate surface area is 117 Å². The van der Waals surface area contributed by atoms with Crippen LogP contribution in [-0.4, -0.2) is 25.0 Å². The third-order valence-electron chi connectivity index (χ3n) is 2.94. The highest BCUT2D eigenvalue weighted by Gasteiger charge is 2.09. The van der Waals surface area contributed by atoms with Gasteiger partial charge in [-0.05, 0) is 30.7 Å². The standard InChI is InChI=1S/C15H16FN3O/c1-10-4-5-12(9-13(10)19(2)3)18-15(20)11-6-7-17-14(16)8-11/h4-9H,1-3H3,(H,18,20). The maximum Gasteiger partial charge on any atom is 0.255 e. The lowest BCUT2D eigenvalue weighted by Gasteiger charge is -2.17. The van der Waals surface area contributed by atoms with E-state index < -0.39 is 5.95 Å². The molecule has 0 aliphatic heterocycles. The van der Waals surface area contributed by atoms with Crippen molar-refractivity contribution in [2.75, 3.05) is 24.3 Å². The Morgan fingerprint density at radius 2 is 2.00 bits per heavy atom. The summed E-state index contributed by atoms with van der Waals surface area (Å²) >= 11 is 0. The van der Waals surface area contributed by atoms with Gasteiger partial charge in [-0.15, -0.1) is 0 Å². The normalized spacial score (nSPS) is 10.2. The molecule has 104 valence electrons. The number of carbonyl (C=O) groups excluding carboxylic acids is 1. The number of rotatable bonds is 3. The highest BCUT2D eigenvalue weighted by molar-refractivity contribution is 6.04. The van der Waals surface area contributed by atoms with Crippen LogP contribution in [0.4, 0.5) is 15.8 Å². The van der Waals surface area contributed by atoms with E-state index in [1.165, 1.54) is 12.3 Å². The molecule has 5 heteroatoms. The molecule has 0 saturated carbocycles. The van der Waals surface area contributed by atoms with Crippen molar-refractivity contribution >= 4 is 17.3 Å². The van der Waals surface area contributed by atoms with E-state index in [-0.39, 0.29) is 11.5 Å². The number of halogens is 1. The van der Waals surface area contributed by atoms with E-state index in [1.54, 1.807) is 0 Å². The molecule has 0 atom stereocenters. The molecule has 0 spiro atoms. The van der Waals surface area contributed by atoms with Gasteiger partial charge in [-0.25, -0.2) is 4.98 Å². The summed E-state index contributed by atoms with van der Waals surface area (Å²) in [5.41, 5.74) is 3.04. The van der Waals surface area contributed by atoms with E-state index in [0.29, 0.717) is 5.69 Å². The van der Waals surface area contributed by atoms with Crippen LogP contribution in [0.2, 0.25) is 0 Å². The second-order valence-corrected chi connectivity index (χ2v) is 4.72. The van der Waals surface area contributed by atoms with Crippen molar-refractivity contribution in [2.45, 2.75) is 6.92 Å². The maximum absolute atomic E-state index is 13.0. The smallest absolute Gasteiger partial charge is 0.255 e. The van der Waals surface area contributed by atoms with E-state index >= 15 is 0 Å². The minimum Gasteiger partial charge on any atom is -0.377 e. The molecule has 2 aromatic rings. The van der Waals surface area contributed by atoms with E-state index in [1.807, 2.05) is 44.1 Å². The number of benzene rings is 1. The minimum atomic E-state index is -0.671. The largest absolute Gasteiger partial charge is 0.377 e. The van der Waals surface area contributed by atoms with Crippen LogP contribution >= 0.6 is 0 Å². The Bertz CT molecular complexity index is 641. The predicted octanol–water partition coefficient (Wildman–Crippen LogP) is 2.85. The van der Waals surface area contributed by atoms with Crippen LogP contribution in [0.15, 0.2) is 36.5 Å². The average Bonchev–Trinajstić information content (AvgIpc) is 2.40. The van der Waals surface area contributed by atoms with E-state index in [9.17, 15) is 9.18 Å². The van der Waals surface area contributed by atoms with Crippen LogP contribution in [0.25, 0.3) is 0 Å². The lowest BCUT2D eigenvalue weighted by Crippen LogP contribution is -2.14. The molecule has 4 nitrogen and oxygen atoms in total. The van der Waals surface area contributed by atoms with Gasteiger partial charge >= 0.3 is 0 Å². The number of aromatic nitrogens is 1. The molecular weight excluding hydrogens is 257 g/mol. The van der Waals surface area contributed by atoms with Crippen LogP contribution in [0.1, 0.15) is 15.9 Å². The second-order valence-electron chi connectivity index (χ2n) is 4.72. The zero-order valence-electron chi connectivity index (χ0n) is 11.6. The number of hydrogen-bond donors (Lipinski definition) is 1. The highest BCUT2D eigenvalue weighted by atomic mass is 19.1. The van der Waals surface area contributed by atoms with Gasteiger partial charge in [-0.1, -0.05) is 6.07 Å². The molecule has 20 heavy (non-hydrogen) atoms. The molecule has 1 heterocycles. The van der Waals surface area contributed by atoms with Crippen molar-refractivity contribution in [1.82, 2.24) is 4.98 Å². The number of anilines is 2. The third-order valence-corrected chi connectivity index (χ3v) is 2.94. The first-order valence-electron chi connectivity index (χ1n) is 6.18. The van der Waals surface area contributed by atoms with Gasteiger partial charge < -0.3 is 10.2 Å². The van der Waals surface area contributed by atoms with Crippen LogP contribution in [0.3, 0.4) is 0 Å². The van der Waals surface area contributed by atoms with Crippen molar-refractivity contribution in [3.63, 3.8) is 0 Å². The van der Waals surface area contributed by atoms with Crippen LogP contribution in [-0.2, 0) is 0 Å². The quantitative estimate of drug-likeness (QED) is 0.875. The number of carbonyl (C=O) groups is 1. The fourth-order valence-corrected chi connectivity index (χ4v) is 1.92. The van der Waals surface area contributed by atoms with Gasteiger partial charge in [0.25, 0.3) is 5.91 Å². The molecule has 0 bridgehead atoms. The first kappa shape index (κ1) is 14.0. The summed E-state index contributed by atoms with van der Waals surface area (Å²) in [5, 5.41) is 2.75. The summed E-state index contributed by atoms with van der Waals surface area (Å²) in [5.74, 6) is -1.03. The number of nitrogens with one attached hydrogen (secondary N) is 1. The molecule has 0 aliphatic carbocycles. The molecule has 0 saturated heterocycles. The summed E-state index contributed by atoms with van der Waals surface area (Å²) in [7, 11) is 3.87. The summed E-state index contributed by atoms with van der Waals surface area (Å²) < 4.78 is 13.0. The monoisotopic (exact) mass is 273 g/mol. The van der Waals surface area contributed by atoms with E-state index in [2.05, 4.69) is 10.3 Å². The number of hydrogen-bond acceptors (Lipinski definition) is 3. The van der Waals surface area contributed by atoms with Crippen LogP contribution in [0.5, 0.6) is 0 Å². The Balaban J connectivity index is 2.22. The van der Waals surface area contributed by atoms with Crippen molar-refractivity contribution in [3.05, 3.63) is 53.6 Å².